The van der Waals surface area contributed by atoms with Gasteiger partial charge in [0.15, 0.2) is 0 Å². The van der Waals surface area contributed by atoms with Gasteiger partial charge in [0.1, 0.15) is 18.1 Å². The number of halogens is 1. The van der Waals surface area contributed by atoms with E-state index < -0.39 is 0 Å². The second kappa shape index (κ2) is 12.4. The van der Waals surface area contributed by atoms with Crippen molar-refractivity contribution in [3.63, 3.8) is 0 Å². The molecule has 1 aliphatic carbocycles. The molecule has 30 heavy (non-hydrogen) atoms. The summed E-state index contributed by atoms with van der Waals surface area (Å²) in [6.45, 7) is 2.87. The van der Waals surface area contributed by atoms with Crippen LogP contribution in [0.25, 0.3) is 0 Å². The predicted molar refractivity (Wildman–Crippen MR) is 130 cm³/mol. The van der Waals surface area contributed by atoms with Crippen molar-refractivity contribution in [3.8, 4) is 11.5 Å². The number of methoxy groups -OCH3 is 1. The molecule has 0 amide bonds. The minimum absolute atomic E-state index is 0.579. The molecular formula is C27H37BrO2. The summed E-state index contributed by atoms with van der Waals surface area (Å²) in [7, 11) is 1.67. The molecule has 0 aromatic heterocycles. The monoisotopic (exact) mass is 472 g/mol. The number of unbranched alkanes of at least 4 members (excludes halogenated alkanes) is 4. The first-order valence-corrected chi connectivity index (χ1v) is 12.5. The lowest BCUT2D eigenvalue weighted by Crippen LogP contribution is -2.13. The number of hydrogen-bond donors (Lipinski definition) is 0. The van der Waals surface area contributed by atoms with Crippen LogP contribution in [0.15, 0.2) is 46.9 Å². The molecule has 0 N–H and O–H groups in total. The van der Waals surface area contributed by atoms with E-state index in [9.17, 15) is 0 Å². The van der Waals surface area contributed by atoms with Crippen LogP contribution in [-0.2, 0) is 6.61 Å². The Morgan fingerprint density at radius 2 is 1.63 bits per heavy atom. The van der Waals surface area contributed by atoms with Crippen molar-refractivity contribution in [1.82, 2.24) is 0 Å². The SMILES string of the molecule is CCCCCCCC1CCC(c2ccc(COc3ccc(OC)cc3Br)cc2)CC1. The molecule has 1 saturated carbocycles. The molecule has 0 unspecified atom stereocenters. The van der Waals surface area contributed by atoms with E-state index in [1.165, 1.54) is 75.3 Å². The van der Waals surface area contributed by atoms with Crippen LogP contribution in [0.2, 0.25) is 0 Å². The fraction of sp³-hybridized carbons (Fsp3) is 0.556. The zero-order chi connectivity index (χ0) is 21.2. The van der Waals surface area contributed by atoms with Crippen LogP contribution in [0.4, 0.5) is 0 Å². The topological polar surface area (TPSA) is 18.5 Å². The van der Waals surface area contributed by atoms with E-state index >= 15 is 0 Å². The maximum absolute atomic E-state index is 5.98. The van der Waals surface area contributed by atoms with Crippen molar-refractivity contribution in [3.05, 3.63) is 58.1 Å². The zero-order valence-electron chi connectivity index (χ0n) is 18.7. The smallest absolute Gasteiger partial charge is 0.134 e. The summed E-state index contributed by atoms with van der Waals surface area (Å²) in [5, 5.41) is 0. The highest BCUT2D eigenvalue weighted by Crippen LogP contribution is 2.38. The van der Waals surface area contributed by atoms with Crippen LogP contribution >= 0.6 is 15.9 Å². The van der Waals surface area contributed by atoms with Gasteiger partial charge in [0.2, 0.25) is 0 Å². The van der Waals surface area contributed by atoms with E-state index in [0.717, 1.165) is 27.8 Å². The second-order valence-electron chi connectivity index (χ2n) is 8.75. The maximum atomic E-state index is 5.98. The summed E-state index contributed by atoms with van der Waals surface area (Å²) in [6, 6.07) is 14.9. The Hall–Kier alpha value is -1.48. The van der Waals surface area contributed by atoms with E-state index in [4.69, 9.17) is 9.47 Å². The van der Waals surface area contributed by atoms with Crippen molar-refractivity contribution in [2.45, 2.75) is 83.7 Å². The van der Waals surface area contributed by atoms with Gasteiger partial charge in [-0.15, -0.1) is 0 Å². The molecular weight excluding hydrogens is 436 g/mol. The molecule has 3 heteroatoms. The number of benzene rings is 2. The molecule has 0 bridgehead atoms. The Balaban J connectivity index is 1.41. The van der Waals surface area contributed by atoms with Gasteiger partial charge in [-0.25, -0.2) is 0 Å². The predicted octanol–water partition coefficient (Wildman–Crippen LogP) is 8.67. The van der Waals surface area contributed by atoms with E-state index in [1.54, 1.807) is 7.11 Å². The fourth-order valence-electron chi connectivity index (χ4n) is 4.59. The summed E-state index contributed by atoms with van der Waals surface area (Å²) in [6.07, 6.45) is 14.0. The third kappa shape index (κ3) is 7.04. The van der Waals surface area contributed by atoms with Crippen LogP contribution in [0, 0.1) is 5.92 Å². The van der Waals surface area contributed by atoms with Gasteiger partial charge in [-0.3, -0.25) is 0 Å². The van der Waals surface area contributed by atoms with Crippen molar-refractivity contribution in [2.24, 2.45) is 5.92 Å². The van der Waals surface area contributed by atoms with Crippen molar-refractivity contribution < 1.29 is 9.47 Å². The van der Waals surface area contributed by atoms with Gasteiger partial charge in [-0.05, 0) is 82.8 Å². The van der Waals surface area contributed by atoms with Gasteiger partial charge in [0.05, 0.1) is 11.6 Å². The Kier molecular flexibility index (Phi) is 9.58. The van der Waals surface area contributed by atoms with Crippen molar-refractivity contribution in [2.75, 3.05) is 7.11 Å². The lowest BCUT2D eigenvalue weighted by atomic mass is 9.77. The Morgan fingerprint density at radius 3 is 2.30 bits per heavy atom. The standard InChI is InChI=1S/C27H37BrO2/c1-3-4-5-6-7-8-21-9-13-23(14-10-21)24-15-11-22(12-16-24)20-30-27-18-17-25(29-2)19-26(27)28/h11-12,15-19,21,23H,3-10,13-14,20H2,1-2H3. The first kappa shape index (κ1) is 23.2. The summed E-state index contributed by atoms with van der Waals surface area (Å²) in [4.78, 5) is 0. The largest absolute Gasteiger partial charge is 0.497 e. The Morgan fingerprint density at radius 1 is 0.900 bits per heavy atom. The van der Waals surface area contributed by atoms with Gasteiger partial charge >= 0.3 is 0 Å². The summed E-state index contributed by atoms with van der Waals surface area (Å²) in [5.74, 6) is 3.38. The van der Waals surface area contributed by atoms with Gasteiger partial charge in [-0.1, -0.05) is 69.7 Å². The summed E-state index contributed by atoms with van der Waals surface area (Å²) in [5.41, 5.74) is 2.72. The molecule has 1 fully saturated rings. The van der Waals surface area contributed by atoms with E-state index in [0.29, 0.717) is 6.61 Å². The van der Waals surface area contributed by atoms with Crippen LogP contribution in [0.5, 0.6) is 11.5 Å². The van der Waals surface area contributed by atoms with Gasteiger partial charge in [-0.2, -0.15) is 0 Å². The summed E-state index contributed by atoms with van der Waals surface area (Å²) >= 11 is 3.55. The van der Waals surface area contributed by atoms with Crippen LogP contribution in [0.3, 0.4) is 0 Å². The average molecular weight is 473 g/mol. The van der Waals surface area contributed by atoms with Crippen molar-refractivity contribution >= 4 is 15.9 Å². The second-order valence-corrected chi connectivity index (χ2v) is 9.60. The van der Waals surface area contributed by atoms with Crippen LogP contribution < -0.4 is 9.47 Å². The minimum Gasteiger partial charge on any atom is -0.497 e. The highest BCUT2D eigenvalue weighted by atomic mass is 79.9. The Labute approximate surface area is 191 Å². The Bertz CT molecular complexity index is 748. The molecule has 0 atom stereocenters. The normalized spacial score (nSPS) is 18.9. The van der Waals surface area contributed by atoms with E-state index in [-0.39, 0.29) is 0 Å². The van der Waals surface area contributed by atoms with Gasteiger partial charge in [0, 0.05) is 0 Å². The first-order chi connectivity index (χ1) is 14.7. The third-order valence-corrected chi connectivity index (χ3v) is 7.17. The molecule has 2 nitrogen and oxygen atoms in total. The average Bonchev–Trinajstić information content (AvgIpc) is 2.79. The molecule has 0 spiro atoms. The lowest BCUT2D eigenvalue weighted by Gasteiger charge is -2.29. The number of hydrogen-bond acceptors (Lipinski definition) is 2. The first-order valence-electron chi connectivity index (χ1n) is 11.7. The minimum atomic E-state index is 0.579. The summed E-state index contributed by atoms with van der Waals surface area (Å²) < 4.78 is 12.1. The number of ether oxygens (including phenoxy) is 2. The molecule has 0 radical (unpaired) electrons. The van der Waals surface area contributed by atoms with Crippen molar-refractivity contribution in [1.29, 1.82) is 0 Å². The molecule has 164 valence electrons. The molecule has 2 aromatic carbocycles. The highest BCUT2D eigenvalue weighted by Gasteiger charge is 2.22. The molecule has 0 heterocycles. The molecule has 3 rings (SSSR count). The molecule has 0 aliphatic heterocycles. The maximum Gasteiger partial charge on any atom is 0.134 e. The van der Waals surface area contributed by atoms with E-state index in [1.807, 2.05) is 18.2 Å². The van der Waals surface area contributed by atoms with E-state index in [2.05, 4.69) is 47.1 Å². The number of rotatable bonds is 11. The fourth-order valence-corrected chi connectivity index (χ4v) is 5.07. The quantitative estimate of drug-likeness (QED) is 0.304. The third-order valence-electron chi connectivity index (χ3n) is 6.55. The lowest BCUT2D eigenvalue weighted by molar-refractivity contribution is 0.300. The molecule has 2 aromatic rings. The van der Waals surface area contributed by atoms with Crippen LogP contribution in [0.1, 0.15) is 88.2 Å². The zero-order valence-corrected chi connectivity index (χ0v) is 20.3. The van der Waals surface area contributed by atoms with Gasteiger partial charge in [0.25, 0.3) is 0 Å². The van der Waals surface area contributed by atoms with Gasteiger partial charge < -0.3 is 9.47 Å². The molecule has 0 saturated heterocycles. The highest BCUT2D eigenvalue weighted by molar-refractivity contribution is 9.10. The molecule has 1 aliphatic rings. The van der Waals surface area contributed by atoms with Crippen LogP contribution in [-0.4, -0.2) is 7.11 Å².